The Morgan fingerprint density at radius 2 is 0.739 bits per heavy atom. The normalized spacial score (nSPS) is 13.1. The van der Waals surface area contributed by atoms with Crippen molar-refractivity contribution < 1.29 is 86.3 Å². The number of hydrogen-bond donors (Lipinski definition) is 2. The second-order valence-electron chi connectivity index (χ2n) is 22.6. The van der Waals surface area contributed by atoms with Crippen LogP contribution in [0, 0.1) is 0 Å². The number of halogens is 1. The Kier molecular flexibility index (Phi) is 26.1. The number of hydrogen-bond acceptors (Lipinski definition) is 20. The van der Waals surface area contributed by atoms with E-state index in [0.29, 0.717) is 32.7 Å². The third-order valence-electron chi connectivity index (χ3n) is 15.6. The molecule has 1 fully saturated rings. The monoisotopic (exact) mass is 1400 g/mol. The molecule has 0 spiro atoms. The minimum Gasteiger partial charge on any atom is -0.496 e. The summed E-state index contributed by atoms with van der Waals surface area (Å²) < 4.78 is 48.7. The van der Waals surface area contributed by atoms with Gasteiger partial charge in [-0.25, -0.2) is 0 Å². The number of thiophene rings is 4. The van der Waals surface area contributed by atoms with E-state index in [1.165, 1.54) is 45.3 Å². The zero-order chi connectivity index (χ0) is 67.0. The van der Waals surface area contributed by atoms with E-state index in [9.17, 15) is 38.4 Å². The number of carbonyl (C=O) groups excluding carboxylic acids is 6. The summed E-state index contributed by atoms with van der Waals surface area (Å²) in [6.07, 6.45) is 4.88. The molecule has 0 unspecified atom stereocenters. The van der Waals surface area contributed by atoms with Gasteiger partial charge in [0.2, 0.25) is 0 Å². The number of carboxylic acid groups (broad SMARTS) is 2. The molecule has 490 valence electrons. The first kappa shape index (κ1) is 72.4. The molecule has 0 amide bonds. The van der Waals surface area contributed by atoms with E-state index in [-0.39, 0.29) is 105 Å². The molecule has 4 aromatic heterocycles. The van der Waals surface area contributed by atoms with Crippen LogP contribution in [0.4, 0.5) is 0 Å². The Balaban J connectivity index is 0.000000204. The van der Waals surface area contributed by atoms with Gasteiger partial charge in [0.25, 0.3) is 0 Å². The lowest BCUT2D eigenvalue weighted by molar-refractivity contribution is -0.143. The van der Waals surface area contributed by atoms with Crippen LogP contribution in [0.15, 0.2) is 77.3 Å². The topological polar surface area (TPSA) is 251 Å². The summed E-state index contributed by atoms with van der Waals surface area (Å²) in [5, 5.41) is 21.6. The van der Waals surface area contributed by atoms with Crippen molar-refractivity contribution in [3.63, 3.8) is 0 Å². The van der Waals surface area contributed by atoms with Gasteiger partial charge in [0.15, 0.2) is 23.1 Å². The highest BCUT2D eigenvalue weighted by molar-refractivity contribution is 9.10. The minimum absolute atomic E-state index is 0.0273. The summed E-state index contributed by atoms with van der Waals surface area (Å²) in [6, 6.07) is 23.2. The van der Waals surface area contributed by atoms with Crippen molar-refractivity contribution in [2.45, 2.75) is 143 Å². The van der Waals surface area contributed by atoms with Crippen molar-refractivity contribution in [1.82, 2.24) is 0 Å². The summed E-state index contributed by atoms with van der Waals surface area (Å²) >= 11 is 8.94. The lowest BCUT2D eigenvalue weighted by Gasteiger charge is -2.32. The van der Waals surface area contributed by atoms with Gasteiger partial charge in [0.05, 0.1) is 103 Å². The fraction of sp³-hybridized carbons (Fsp3) is 0.412. The number of fused-ring (bicyclic) bond motifs is 4. The molecule has 0 aliphatic carbocycles. The van der Waals surface area contributed by atoms with E-state index in [0.717, 1.165) is 123 Å². The van der Waals surface area contributed by atoms with Crippen molar-refractivity contribution in [3.05, 3.63) is 113 Å². The maximum absolute atomic E-state index is 12.5. The van der Waals surface area contributed by atoms with E-state index in [1.807, 2.05) is 66.7 Å². The van der Waals surface area contributed by atoms with Gasteiger partial charge in [-0.15, -0.1) is 45.3 Å². The molecule has 92 heavy (non-hydrogen) atoms. The van der Waals surface area contributed by atoms with E-state index >= 15 is 0 Å². The van der Waals surface area contributed by atoms with Crippen LogP contribution in [0.25, 0.3) is 40.3 Å². The van der Waals surface area contributed by atoms with Crippen LogP contribution in [-0.4, -0.2) is 117 Å². The zero-order valence-electron chi connectivity index (χ0n) is 53.3. The average Bonchev–Trinajstić information content (AvgIpc) is 1.70. The van der Waals surface area contributed by atoms with Gasteiger partial charge in [0.1, 0.15) is 23.0 Å². The summed E-state index contributed by atoms with van der Waals surface area (Å²) in [6.45, 7) is 12.4. The Hall–Kier alpha value is -7.06. The number of methoxy groups -OCH3 is 4. The van der Waals surface area contributed by atoms with Gasteiger partial charge in [0, 0.05) is 44.5 Å². The molecule has 0 atom stereocenters. The summed E-state index contributed by atoms with van der Waals surface area (Å²) in [5.41, 5.74) is 2.48. The van der Waals surface area contributed by atoms with Gasteiger partial charge < -0.3 is 47.9 Å². The van der Waals surface area contributed by atoms with E-state index < -0.39 is 11.9 Å². The Morgan fingerprint density at radius 1 is 0.435 bits per heavy atom. The van der Waals surface area contributed by atoms with Crippen LogP contribution in [-0.2, 0) is 57.2 Å². The first-order chi connectivity index (χ1) is 43.8. The van der Waals surface area contributed by atoms with Crippen molar-refractivity contribution >= 4 is 156 Å². The number of ether oxygens (including phenoxy) is 6. The first-order valence-corrected chi connectivity index (χ1v) is 34.2. The fourth-order valence-corrected chi connectivity index (χ4v) is 14.8. The van der Waals surface area contributed by atoms with Crippen molar-refractivity contribution in [1.29, 1.82) is 0 Å². The van der Waals surface area contributed by atoms with Gasteiger partial charge in [-0.2, -0.15) is 0 Å². The highest BCUT2D eigenvalue weighted by Gasteiger charge is 2.50. The molecule has 1 aliphatic heterocycles. The predicted molar refractivity (Wildman–Crippen MR) is 365 cm³/mol. The molecule has 1 aliphatic rings. The summed E-state index contributed by atoms with van der Waals surface area (Å²) in [4.78, 5) is 96.3. The Labute approximate surface area is 559 Å². The molecule has 24 heteroatoms. The minimum atomic E-state index is -0.993. The van der Waals surface area contributed by atoms with Gasteiger partial charge in [-0.05, 0) is 201 Å². The molecule has 0 bridgehead atoms. The highest BCUT2D eigenvalue weighted by atomic mass is 79.9. The van der Waals surface area contributed by atoms with Crippen molar-refractivity contribution in [3.8, 4) is 23.0 Å². The number of esters is 2. The van der Waals surface area contributed by atoms with Gasteiger partial charge in [-0.3, -0.25) is 38.4 Å². The molecule has 9 rings (SSSR count). The van der Waals surface area contributed by atoms with Gasteiger partial charge >= 0.3 is 31.0 Å². The second kappa shape index (κ2) is 33.2. The number of aliphatic carboxylic acids is 2. The van der Waals surface area contributed by atoms with E-state index in [4.69, 9.17) is 47.9 Å². The lowest BCUT2D eigenvalue weighted by Crippen LogP contribution is -2.41. The van der Waals surface area contributed by atoms with Crippen LogP contribution >= 0.6 is 61.3 Å². The van der Waals surface area contributed by atoms with Gasteiger partial charge in [-0.1, -0.05) is 6.42 Å². The average molecular weight is 1400 g/mol. The Morgan fingerprint density at radius 3 is 1.05 bits per heavy atom. The fourth-order valence-electron chi connectivity index (χ4n) is 10.1. The van der Waals surface area contributed by atoms with Crippen molar-refractivity contribution in [2.75, 3.05) is 41.7 Å². The zero-order valence-corrected chi connectivity index (χ0v) is 58.1. The predicted octanol–water partition coefficient (Wildman–Crippen LogP) is 16.1. The molecule has 5 heterocycles. The molecule has 18 nitrogen and oxygen atoms in total. The Bertz CT molecular complexity index is 3870. The molecular formula is C68H76BBrO18S4. The first-order valence-electron chi connectivity index (χ1n) is 30.1. The summed E-state index contributed by atoms with van der Waals surface area (Å²) in [7, 11) is 6.28. The standard InChI is InChI=1S/C29H28O8S2.C24H33BO6S.C15H15BrO4S/c1-36-22-14-24-18(12-26(38-24)20(30)6-8-28(32)33)10-16(22)4-3-5-17-11-19-13-27(21(31)7-9-29(34)35)39-25(19)15-23(17)37-2;1-7-29-22(27)11-10-18(26)21-14-17-13-16(19(28-6)15-20(17)32-21)9-8-12-25-30-23(2,3)24(4,5)31-25;1-3-20-15(18)5-4-11(17)14-7-9-6-10(16)12(19-2)8-13(9)21-14/h10-15H,3-9H2,1-2H3,(H,32,33)(H,34,35);13-15H,7-12H2,1-6H3;6-8H,3-5H2,1-2H3. The number of ketones is 4. The quantitative estimate of drug-likeness (QED) is 0.0241. The van der Waals surface area contributed by atoms with Crippen LogP contribution < -0.4 is 18.9 Å². The molecule has 0 radical (unpaired) electrons. The third kappa shape index (κ3) is 19.3. The van der Waals surface area contributed by atoms with E-state index in [1.54, 1.807) is 42.3 Å². The molecule has 8 aromatic rings. The number of carboxylic acids is 2. The van der Waals surface area contributed by atoms with Crippen molar-refractivity contribution in [2.24, 2.45) is 0 Å². The molecule has 0 saturated carbocycles. The smallest absolute Gasteiger partial charge is 0.457 e. The maximum atomic E-state index is 12.5. The lowest BCUT2D eigenvalue weighted by atomic mass is 9.81. The third-order valence-corrected chi connectivity index (χ3v) is 20.8. The SMILES string of the molecule is CCOC(=O)CCC(=O)c1cc2cc(Br)c(OC)cc2s1.CCOC(=O)CCC(=O)c1cc2cc(CCCB3OC(C)(C)C(C)(C)O3)c(OC)cc2s1.COc1cc2sc(C(=O)CCC(=O)O)cc2cc1CCCc1cc2cc(C(=O)CCC(=O)O)sc2cc1OC. The maximum Gasteiger partial charge on any atom is 0.457 e. The number of Topliss-reactive ketones (excluding diaryl/α,β-unsaturated/α-hetero) is 4. The number of rotatable bonds is 30. The number of benzene rings is 4. The van der Waals surface area contributed by atoms with E-state index in [2.05, 4.69) is 49.7 Å². The number of carbonyl (C=O) groups is 8. The summed E-state index contributed by atoms with van der Waals surface area (Å²) in [5.74, 6) is -0.0839. The van der Waals surface area contributed by atoms with Crippen LogP contribution in [0.1, 0.15) is 161 Å². The van der Waals surface area contributed by atoms with Crippen LogP contribution in [0.3, 0.4) is 0 Å². The van der Waals surface area contributed by atoms with Crippen LogP contribution in [0.2, 0.25) is 6.32 Å². The molecular weight excluding hydrogens is 1320 g/mol. The molecule has 2 N–H and O–H groups in total. The highest BCUT2D eigenvalue weighted by Crippen LogP contribution is 2.41. The second-order valence-corrected chi connectivity index (χ2v) is 27.8. The molecule has 4 aromatic carbocycles. The number of aryl methyl sites for hydroxylation is 3. The largest absolute Gasteiger partial charge is 0.496 e. The van der Waals surface area contributed by atoms with Crippen LogP contribution in [0.5, 0.6) is 23.0 Å². The molecule has 1 saturated heterocycles.